The number of aromatic nitrogens is 5. The Kier molecular flexibility index (Phi) is 5.73. The first-order chi connectivity index (χ1) is 13.0. The summed E-state index contributed by atoms with van der Waals surface area (Å²) >= 11 is 0. The summed E-state index contributed by atoms with van der Waals surface area (Å²) in [7, 11) is 1.64. The van der Waals surface area contributed by atoms with Gasteiger partial charge in [-0.2, -0.15) is 5.10 Å². The SMILES string of the molecule is CCN=CC(C)n1cnc(C(F)C(F)c2nc(-c3ccccc3)cn2C)n1. The van der Waals surface area contributed by atoms with Crippen LogP contribution >= 0.6 is 0 Å². The third-order valence-electron chi connectivity index (χ3n) is 4.18. The maximum atomic E-state index is 14.8. The van der Waals surface area contributed by atoms with E-state index in [2.05, 4.69) is 20.1 Å². The lowest BCUT2D eigenvalue weighted by molar-refractivity contribution is 0.151. The molecule has 1 aromatic carbocycles. The van der Waals surface area contributed by atoms with Gasteiger partial charge in [0.1, 0.15) is 12.2 Å². The Hall–Kier alpha value is -2.90. The molecule has 0 aliphatic carbocycles. The molecule has 2 heterocycles. The Morgan fingerprint density at radius 2 is 1.93 bits per heavy atom. The van der Waals surface area contributed by atoms with Gasteiger partial charge in [-0.15, -0.1) is 0 Å². The van der Waals surface area contributed by atoms with Crippen LogP contribution in [0.25, 0.3) is 11.3 Å². The molecule has 8 heteroatoms. The van der Waals surface area contributed by atoms with Gasteiger partial charge in [-0.1, -0.05) is 30.3 Å². The van der Waals surface area contributed by atoms with E-state index in [-0.39, 0.29) is 17.7 Å². The van der Waals surface area contributed by atoms with Gasteiger partial charge in [0.15, 0.2) is 18.2 Å². The molecule has 0 aliphatic rings. The molecule has 0 saturated carbocycles. The summed E-state index contributed by atoms with van der Waals surface area (Å²) in [6.45, 7) is 4.41. The summed E-state index contributed by atoms with van der Waals surface area (Å²) in [6.07, 6.45) is 0.784. The van der Waals surface area contributed by atoms with Crippen molar-refractivity contribution in [2.24, 2.45) is 12.0 Å². The van der Waals surface area contributed by atoms with Gasteiger partial charge in [0.05, 0.1) is 11.7 Å². The van der Waals surface area contributed by atoms with Gasteiger partial charge in [0.2, 0.25) is 0 Å². The van der Waals surface area contributed by atoms with E-state index in [9.17, 15) is 8.78 Å². The van der Waals surface area contributed by atoms with Gasteiger partial charge < -0.3 is 4.57 Å². The van der Waals surface area contributed by atoms with Crippen LogP contribution in [-0.2, 0) is 7.05 Å². The van der Waals surface area contributed by atoms with Crippen molar-refractivity contribution in [3.05, 3.63) is 54.5 Å². The number of hydrogen-bond acceptors (Lipinski definition) is 4. The Bertz CT molecular complexity index is 902. The molecule has 3 aromatic rings. The first-order valence-electron chi connectivity index (χ1n) is 8.79. The van der Waals surface area contributed by atoms with E-state index in [0.29, 0.717) is 12.2 Å². The summed E-state index contributed by atoms with van der Waals surface area (Å²) < 4.78 is 32.5. The van der Waals surface area contributed by atoms with Gasteiger partial charge in [0.25, 0.3) is 0 Å². The van der Waals surface area contributed by atoms with Crippen molar-refractivity contribution in [2.45, 2.75) is 32.2 Å². The molecular weight excluding hydrogens is 350 g/mol. The van der Waals surface area contributed by atoms with Gasteiger partial charge in [0, 0.05) is 31.6 Å². The topological polar surface area (TPSA) is 60.9 Å². The molecular formula is C19H22F2N6. The molecule has 0 spiro atoms. The van der Waals surface area contributed by atoms with Crippen LogP contribution in [0.5, 0.6) is 0 Å². The van der Waals surface area contributed by atoms with Crippen LogP contribution in [-0.4, -0.2) is 37.1 Å². The van der Waals surface area contributed by atoms with Crippen molar-refractivity contribution in [3.63, 3.8) is 0 Å². The molecule has 3 rings (SSSR count). The fourth-order valence-electron chi connectivity index (χ4n) is 2.68. The number of aliphatic imine (C=N–C) groups is 1. The first kappa shape index (κ1) is 18.9. The molecule has 0 fully saturated rings. The smallest absolute Gasteiger partial charge is 0.199 e. The largest absolute Gasteiger partial charge is 0.335 e. The number of halogens is 2. The Balaban J connectivity index is 1.80. The third-order valence-corrected chi connectivity index (χ3v) is 4.18. The van der Waals surface area contributed by atoms with Crippen LogP contribution in [0.15, 0.2) is 47.8 Å². The molecule has 0 aliphatic heterocycles. The monoisotopic (exact) mass is 372 g/mol. The van der Waals surface area contributed by atoms with Crippen molar-refractivity contribution in [1.82, 2.24) is 24.3 Å². The van der Waals surface area contributed by atoms with Crippen LogP contribution in [0.4, 0.5) is 8.78 Å². The number of hydrogen-bond donors (Lipinski definition) is 0. The normalized spacial score (nSPS) is 15.1. The molecule has 0 saturated heterocycles. The van der Waals surface area contributed by atoms with E-state index < -0.39 is 12.3 Å². The molecule has 27 heavy (non-hydrogen) atoms. The molecule has 6 nitrogen and oxygen atoms in total. The second-order valence-corrected chi connectivity index (χ2v) is 6.24. The van der Waals surface area contributed by atoms with Crippen LogP contribution in [0.3, 0.4) is 0 Å². The fourth-order valence-corrected chi connectivity index (χ4v) is 2.68. The minimum Gasteiger partial charge on any atom is -0.335 e. The number of alkyl halides is 2. The summed E-state index contributed by atoms with van der Waals surface area (Å²) in [6, 6.07) is 9.18. The fraction of sp³-hybridized carbons (Fsp3) is 0.368. The summed E-state index contributed by atoms with van der Waals surface area (Å²) in [4.78, 5) is 12.3. The maximum Gasteiger partial charge on any atom is 0.199 e. The van der Waals surface area contributed by atoms with E-state index in [1.807, 2.05) is 44.2 Å². The zero-order chi connectivity index (χ0) is 19.4. The molecule has 0 N–H and O–H groups in total. The molecule has 2 aromatic heterocycles. The zero-order valence-corrected chi connectivity index (χ0v) is 15.5. The van der Waals surface area contributed by atoms with Gasteiger partial charge in [-0.05, 0) is 13.8 Å². The molecule has 0 radical (unpaired) electrons. The van der Waals surface area contributed by atoms with Crippen LogP contribution in [0, 0.1) is 0 Å². The van der Waals surface area contributed by atoms with Gasteiger partial charge in [-0.25, -0.2) is 23.4 Å². The highest BCUT2D eigenvalue weighted by atomic mass is 19.2. The predicted molar refractivity (Wildman–Crippen MR) is 100 cm³/mol. The maximum absolute atomic E-state index is 14.8. The highest BCUT2D eigenvalue weighted by Crippen LogP contribution is 2.34. The third kappa shape index (κ3) is 4.10. The summed E-state index contributed by atoms with van der Waals surface area (Å²) in [5, 5.41) is 4.07. The predicted octanol–water partition coefficient (Wildman–Crippen LogP) is 4.05. The second kappa shape index (κ2) is 8.20. The van der Waals surface area contributed by atoms with E-state index in [1.165, 1.54) is 15.6 Å². The van der Waals surface area contributed by atoms with Crippen molar-refractivity contribution < 1.29 is 8.78 Å². The van der Waals surface area contributed by atoms with Gasteiger partial charge in [-0.3, -0.25) is 4.99 Å². The van der Waals surface area contributed by atoms with Crippen LogP contribution in [0.2, 0.25) is 0 Å². The first-order valence-corrected chi connectivity index (χ1v) is 8.79. The van der Waals surface area contributed by atoms with Crippen molar-refractivity contribution in [2.75, 3.05) is 6.54 Å². The minimum atomic E-state index is -2.01. The molecule has 0 bridgehead atoms. The second-order valence-electron chi connectivity index (χ2n) is 6.24. The lowest BCUT2D eigenvalue weighted by Crippen LogP contribution is -2.11. The Morgan fingerprint density at radius 3 is 2.63 bits per heavy atom. The van der Waals surface area contributed by atoms with Crippen molar-refractivity contribution in [3.8, 4) is 11.3 Å². The summed E-state index contributed by atoms with van der Waals surface area (Å²) in [5.74, 6) is -0.207. The molecule has 3 atom stereocenters. The molecule has 0 amide bonds. The van der Waals surface area contributed by atoms with Crippen LogP contribution < -0.4 is 0 Å². The molecule has 3 unspecified atom stereocenters. The zero-order valence-electron chi connectivity index (χ0n) is 15.5. The van der Waals surface area contributed by atoms with E-state index in [1.54, 1.807) is 19.5 Å². The number of nitrogens with zero attached hydrogens (tertiary/aromatic N) is 6. The van der Waals surface area contributed by atoms with E-state index >= 15 is 0 Å². The lowest BCUT2D eigenvalue weighted by Gasteiger charge is -2.11. The average Bonchev–Trinajstić information content (AvgIpc) is 3.33. The Morgan fingerprint density at radius 1 is 1.19 bits per heavy atom. The van der Waals surface area contributed by atoms with Crippen molar-refractivity contribution in [1.29, 1.82) is 0 Å². The highest BCUT2D eigenvalue weighted by molar-refractivity contribution is 5.61. The number of rotatable bonds is 7. The molecule has 142 valence electrons. The van der Waals surface area contributed by atoms with E-state index in [4.69, 9.17) is 0 Å². The standard InChI is InChI=1S/C19H22F2N6/c1-4-22-10-13(2)27-12-23-18(25-27)16(20)17(21)19-24-15(11-26(19)3)14-8-6-5-7-9-14/h5-13,16-17H,4H2,1-3H3. The number of aryl methyl sites for hydroxylation is 1. The number of benzene rings is 1. The quantitative estimate of drug-likeness (QED) is 0.588. The van der Waals surface area contributed by atoms with Crippen molar-refractivity contribution >= 4 is 6.21 Å². The van der Waals surface area contributed by atoms with E-state index in [0.717, 1.165) is 5.56 Å². The Labute approximate surface area is 156 Å². The highest BCUT2D eigenvalue weighted by Gasteiger charge is 2.31. The van der Waals surface area contributed by atoms with Crippen LogP contribution in [0.1, 0.15) is 43.9 Å². The number of imidazole rings is 1. The lowest BCUT2D eigenvalue weighted by atomic mass is 10.2. The summed E-state index contributed by atoms with van der Waals surface area (Å²) in [5.41, 5.74) is 1.43. The average molecular weight is 372 g/mol. The minimum absolute atomic E-state index is 0.00158. The van der Waals surface area contributed by atoms with Gasteiger partial charge >= 0.3 is 0 Å².